The van der Waals surface area contributed by atoms with E-state index in [1.54, 1.807) is 14.0 Å². The maximum Gasteiger partial charge on any atom is 0.219 e. The molecule has 0 spiro atoms. The number of hydrogen-bond acceptors (Lipinski definition) is 3. The van der Waals surface area contributed by atoms with E-state index in [0.717, 1.165) is 51.8 Å². The van der Waals surface area contributed by atoms with Crippen molar-refractivity contribution in [2.24, 2.45) is 4.99 Å². The zero-order valence-electron chi connectivity index (χ0n) is 14.1. The maximum absolute atomic E-state index is 11.3. The second-order valence-electron chi connectivity index (χ2n) is 5.69. The predicted molar refractivity (Wildman–Crippen MR) is 93.3 cm³/mol. The number of amides is 1. The molecule has 6 heteroatoms. The fourth-order valence-electron chi connectivity index (χ4n) is 2.62. The molecule has 1 aromatic rings. The van der Waals surface area contributed by atoms with E-state index in [4.69, 9.17) is 0 Å². The van der Waals surface area contributed by atoms with Gasteiger partial charge in [-0.2, -0.15) is 0 Å². The van der Waals surface area contributed by atoms with Gasteiger partial charge in [-0.05, 0) is 5.56 Å². The number of benzene rings is 1. The lowest BCUT2D eigenvalue weighted by Crippen LogP contribution is -2.50. The van der Waals surface area contributed by atoms with E-state index < -0.39 is 0 Å². The van der Waals surface area contributed by atoms with Gasteiger partial charge in [-0.1, -0.05) is 30.3 Å². The Labute approximate surface area is 138 Å². The second-order valence-corrected chi connectivity index (χ2v) is 5.69. The van der Waals surface area contributed by atoms with Crippen LogP contribution in [0.5, 0.6) is 0 Å². The van der Waals surface area contributed by atoms with Crippen molar-refractivity contribution >= 4 is 11.9 Å². The molecular weight excluding hydrogens is 290 g/mol. The van der Waals surface area contributed by atoms with Crippen LogP contribution in [0, 0.1) is 0 Å². The van der Waals surface area contributed by atoms with Gasteiger partial charge >= 0.3 is 0 Å². The van der Waals surface area contributed by atoms with Crippen LogP contribution in [0.25, 0.3) is 0 Å². The van der Waals surface area contributed by atoms with Gasteiger partial charge in [0.1, 0.15) is 0 Å². The minimum Gasteiger partial charge on any atom is -0.355 e. The Kier molecular flexibility index (Phi) is 6.87. The van der Waals surface area contributed by atoms with E-state index in [0.29, 0.717) is 0 Å². The van der Waals surface area contributed by atoms with Crippen LogP contribution < -0.4 is 10.6 Å². The fraction of sp³-hybridized carbons (Fsp3) is 0.529. The van der Waals surface area contributed by atoms with Gasteiger partial charge in [0.05, 0.1) is 0 Å². The van der Waals surface area contributed by atoms with Crippen molar-refractivity contribution < 1.29 is 4.79 Å². The van der Waals surface area contributed by atoms with Crippen LogP contribution >= 0.6 is 0 Å². The summed E-state index contributed by atoms with van der Waals surface area (Å²) >= 11 is 0. The first-order chi connectivity index (χ1) is 11.2. The molecule has 2 N–H and O–H groups in total. The smallest absolute Gasteiger partial charge is 0.219 e. The molecule has 0 aromatic heterocycles. The number of carbonyl (C=O) groups is 1. The summed E-state index contributed by atoms with van der Waals surface area (Å²) in [4.78, 5) is 19.8. The Balaban J connectivity index is 1.64. The van der Waals surface area contributed by atoms with Crippen molar-refractivity contribution in [1.29, 1.82) is 0 Å². The molecule has 0 bridgehead atoms. The molecule has 1 aromatic carbocycles. The average Bonchev–Trinajstić information content (AvgIpc) is 2.59. The largest absolute Gasteiger partial charge is 0.355 e. The zero-order chi connectivity index (χ0) is 16.5. The Hall–Kier alpha value is -2.08. The minimum absolute atomic E-state index is 0.174. The zero-order valence-corrected chi connectivity index (χ0v) is 14.1. The lowest BCUT2D eigenvalue weighted by Gasteiger charge is -2.34. The first-order valence-corrected chi connectivity index (χ1v) is 8.15. The standard InChI is InChI=1S/C17H27N5O/c1-15(23)22-12-10-21(11-13-22)9-8-19-17(18-2)20-14-16-6-4-3-5-7-16/h3-7H,8-14H2,1-2H3,(H2,18,19,20). The number of hydrogen-bond donors (Lipinski definition) is 2. The molecule has 1 saturated heterocycles. The lowest BCUT2D eigenvalue weighted by molar-refractivity contribution is -0.130. The highest BCUT2D eigenvalue weighted by Gasteiger charge is 2.17. The van der Waals surface area contributed by atoms with E-state index in [1.807, 2.05) is 23.1 Å². The molecule has 2 rings (SSSR count). The monoisotopic (exact) mass is 317 g/mol. The SMILES string of the molecule is CN=C(NCCN1CCN(C(C)=O)CC1)NCc1ccccc1. The van der Waals surface area contributed by atoms with Crippen molar-refractivity contribution in [2.45, 2.75) is 13.5 Å². The van der Waals surface area contributed by atoms with Crippen LogP contribution in [0.3, 0.4) is 0 Å². The van der Waals surface area contributed by atoms with Crippen molar-refractivity contribution in [3.63, 3.8) is 0 Å². The number of guanidine groups is 1. The molecule has 1 fully saturated rings. The second kappa shape index (κ2) is 9.15. The topological polar surface area (TPSA) is 60.0 Å². The van der Waals surface area contributed by atoms with Crippen LogP contribution in [0.15, 0.2) is 35.3 Å². The summed E-state index contributed by atoms with van der Waals surface area (Å²) in [5.74, 6) is 0.990. The third-order valence-corrected chi connectivity index (χ3v) is 4.06. The van der Waals surface area contributed by atoms with Crippen molar-refractivity contribution in [2.75, 3.05) is 46.3 Å². The maximum atomic E-state index is 11.3. The highest BCUT2D eigenvalue weighted by atomic mass is 16.2. The summed E-state index contributed by atoms with van der Waals surface area (Å²) in [5, 5.41) is 6.65. The molecule has 1 aliphatic rings. The van der Waals surface area contributed by atoms with E-state index in [9.17, 15) is 4.79 Å². The summed E-state index contributed by atoms with van der Waals surface area (Å²) in [6.07, 6.45) is 0. The molecule has 23 heavy (non-hydrogen) atoms. The molecule has 1 heterocycles. The number of nitrogens with one attached hydrogen (secondary N) is 2. The Morgan fingerprint density at radius 3 is 2.43 bits per heavy atom. The van der Waals surface area contributed by atoms with Crippen LogP contribution in [0.2, 0.25) is 0 Å². The van der Waals surface area contributed by atoms with Gasteiger partial charge < -0.3 is 15.5 Å². The predicted octanol–water partition coefficient (Wildman–Crippen LogP) is 0.516. The molecule has 0 radical (unpaired) electrons. The summed E-state index contributed by atoms with van der Waals surface area (Å²) in [6, 6.07) is 10.3. The summed E-state index contributed by atoms with van der Waals surface area (Å²) < 4.78 is 0. The molecule has 1 amide bonds. The van der Waals surface area contributed by atoms with Crippen LogP contribution in [0.4, 0.5) is 0 Å². The van der Waals surface area contributed by atoms with E-state index >= 15 is 0 Å². The third-order valence-electron chi connectivity index (χ3n) is 4.06. The Morgan fingerprint density at radius 2 is 1.83 bits per heavy atom. The number of nitrogens with zero attached hydrogens (tertiary/aromatic N) is 3. The van der Waals surface area contributed by atoms with Gasteiger partial charge in [-0.15, -0.1) is 0 Å². The molecule has 126 valence electrons. The molecule has 0 unspecified atom stereocenters. The number of carbonyl (C=O) groups excluding carboxylic acids is 1. The van der Waals surface area contributed by atoms with Crippen LogP contribution in [-0.4, -0.2) is 68.0 Å². The first-order valence-electron chi connectivity index (χ1n) is 8.15. The molecule has 0 atom stereocenters. The molecule has 0 saturated carbocycles. The van der Waals surface area contributed by atoms with Gasteiger partial charge in [0.15, 0.2) is 5.96 Å². The Bertz CT molecular complexity index is 509. The normalized spacial score (nSPS) is 16.3. The summed E-state index contributed by atoms with van der Waals surface area (Å²) in [5.41, 5.74) is 1.23. The van der Waals surface area contributed by atoms with E-state index in [1.165, 1.54) is 5.56 Å². The first kappa shape index (κ1) is 17.3. The van der Waals surface area contributed by atoms with Crippen molar-refractivity contribution in [1.82, 2.24) is 20.4 Å². The lowest BCUT2D eigenvalue weighted by atomic mass is 10.2. The minimum atomic E-state index is 0.174. The molecular formula is C17H27N5O. The third kappa shape index (κ3) is 5.90. The van der Waals surface area contributed by atoms with Crippen molar-refractivity contribution in [3.05, 3.63) is 35.9 Å². The highest BCUT2D eigenvalue weighted by molar-refractivity contribution is 5.79. The van der Waals surface area contributed by atoms with Gasteiger partial charge in [0.25, 0.3) is 0 Å². The van der Waals surface area contributed by atoms with E-state index in [2.05, 4.69) is 32.7 Å². The van der Waals surface area contributed by atoms with Crippen molar-refractivity contribution in [3.8, 4) is 0 Å². The summed E-state index contributed by atoms with van der Waals surface area (Å²) in [6.45, 7) is 7.74. The quantitative estimate of drug-likeness (QED) is 0.614. The van der Waals surface area contributed by atoms with E-state index in [-0.39, 0.29) is 5.91 Å². The Morgan fingerprint density at radius 1 is 1.13 bits per heavy atom. The van der Waals surface area contributed by atoms with Gasteiger partial charge in [-0.25, -0.2) is 0 Å². The van der Waals surface area contributed by atoms with Crippen LogP contribution in [0.1, 0.15) is 12.5 Å². The summed E-state index contributed by atoms with van der Waals surface area (Å²) in [7, 11) is 1.78. The highest BCUT2D eigenvalue weighted by Crippen LogP contribution is 2.01. The van der Waals surface area contributed by atoms with Crippen LogP contribution in [-0.2, 0) is 11.3 Å². The molecule has 1 aliphatic heterocycles. The fourth-order valence-corrected chi connectivity index (χ4v) is 2.62. The molecule has 6 nitrogen and oxygen atoms in total. The van der Waals surface area contributed by atoms with Gasteiger partial charge in [0.2, 0.25) is 5.91 Å². The van der Waals surface area contributed by atoms with Gasteiger partial charge in [-0.3, -0.25) is 14.7 Å². The number of piperazine rings is 1. The average molecular weight is 317 g/mol. The van der Waals surface area contributed by atoms with Gasteiger partial charge in [0, 0.05) is 59.8 Å². The molecule has 0 aliphatic carbocycles. The number of rotatable bonds is 5. The number of aliphatic imine (C=N–C) groups is 1.